The fraction of sp³-hybridized carbons (Fsp3) is 0.136. The van der Waals surface area contributed by atoms with Gasteiger partial charge < -0.3 is 9.13 Å². The summed E-state index contributed by atoms with van der Waals surface area (Å²) < 4.78 is 7.07. The van der Waals surface area contributed by atoms with Gasteiger partial charge in [0.15, 0.2) is 11.6 Å². The first-order chi connectivity index (χ1) is 31.7. The molecule has 0 aliphatic heterocycles. The van der Waals surface area contributed by atoms with Gasteiger partial charge >= 0.3 is 0 Å². The Hall–Kier alpha value is -7.83. The molecule has 0 amide bonds. The number of fused-ring (bicyclic) bond motifs is 10. The molecule has 312 valence electrons. The molecule has 0 N–H and O–H groups in total. The van der Waals surface area contributed by atoms with Crippen LogP contribution in [-0.2, 0) is 10.8 Å². The van der Waals surface area contributed by atoms with Crippen molar-refractivity contribution in [1.29, 1.82) is 0 Å². The molecule has 8 aromatic carbocycles. The van der Waals surface area contributed by atoms with Crippen molar-refractivity contribution in [2.45, 2.75) is 51.4 Å². The third kappa shape index (κ3) is 5.69. The standard InChI is InChI=1S/C59H46N6/c1-58(2)30-31-59(3,4)48-35-52-46(34-47(48)58)45-33-44-42-25-15-17-27-50(42)65(54(44)36-53(45)64(52)40-22-12-7-13-23-40)57-61-55(37-18-8-5-9-19-37)60-56(62-57)38-28-29-43-41-24-14-16-26-49(41)63(51(43)32-38)39-20-10-6-11-21-39/h5-29,32-36H,30-31H2,1-4H3. The topological polar surface area (TPSA) is 53.5 Å². The van der Waals surface area contributed by atoms with Crippen LogP contribution < -0.4 is 0 Å². The average Bonchev–Trinajstić information content (AvgIpc) is 3.97. The molecule has 6 heteroatoms. The van der Waals surface area contributed by atoms with Crippen LogP contribution in [0.4, 0.5) is 0 Å². The first kappa shape index (κ1) is 37.7. The summed E-state index contributed by atoms with van der Waals surface area (Å²) in [4.78, 5) is 16.0. The Morgan fingerprint density at radius 3 is 1.45 bits per heavy atom. The number of para-hydroxylation sites is 4. The van der Waals surface area contributed by atoms with Crippen LogP contribution in [0.15, 0.2) is 182 Å². The van der Waals surface area contributed by atoms with Crippen molar-refractivity contribution >= 4 is 65.4 Å². The molecule has 0 unspecified atom stereocenters. The minimum absolute atomic E-state index is 0.0734. The Balaban J connectivity index is 1.11. The van der Waals surface area contributed by atoms with E-state index in [1.165, 1.54) is 38.2 Å². The smallest absolute Gasteiger partial charge is 0.238 e. The van der Waals surface area contributed by atoms with Gasteiger partial charge in [0, 0.05) is 54.8 Å². The number of nitrogens with zero attached hydrogens (tertiary/aromatic N) is 6. The molecule has 12 aromatic rings. The van der Waals surface area contributed by atoms with Gasteiger partial charge in [0.1, 0.15) is 0 Å². The number of benzene rings is 8. The third-order valence-electron chi connectivity index (χ3n) is 14.3. The fourth-order valence-electron chi connectivity index (χ4n) is 10.9. The number of rotatable bonds is 5. The van der Waals surface area contributed by atoms with E-state index in [9.17, 15) is 0 Å². The lowest BCUT2D eigenvalue weighted by atomic mass is 9.63. The Kier molecular flexibility index (Phi) is 8.02. The predicted octanol–water partition coefficient (Wildman–Crippen LogP) is 14.8. The summed E-state index contributed by atoms with van der Waals surface area (Å²) >= 11 is 0. The van der Waals surface area contributed by atoms with E-state index >= 15 is 0 Å². The maximum atomic E-state index is 5.45. The SMILES string of the molecule is CC1(C)CCC(C)(C)c2cc3c(cc21)c1cc2c4ccccc4n(-c4nc(-c5ccccc5)nc(-c5ccc6c7ccccc7n(-c7ccccc7)c6c5)n4)c2cc1n3-c1ccccc1. The van der Waals surface area contributed by atoms with Crippen LogP contribution >= 0.6 is 0 Å². The van der Waals surface area contributed by atoms with Gasteiger partial charge in [-0.3, -0.25) is 4.57 Å². The molecule has 0 atom stereocenters. The second-order valence-corrected chi connectivity index (χ2v) is 19.2. The van der Waals surface area contributed by atoms with E-state index in [1.54, 1.807) is 0 Å². The van der Waals surface area contributed by atoms with E-state index in [0.717, 1.165) is 73.7 Å². The second-order valence-electron chi connectivity index (χ2n) is 19.2. The van der Waals surface area contributed by atoms with Crippen molar-refractivity contribution in [3.8, 4) is 40.1 Å². The molecule has 6 nitrogen and oxygen atoms in total. The highest BCUT2D eigenvalue weighted by atomic mass is 15.2. The molecule has 0 bridgehead atoms. The fourth-order valence-corrected chi connectivity index (χ4v) is 10.9. The Labute approximate surface area is 377 Å². The molecule has 1 aliphatic carbocycles. The lowest BCUT2D eigenvalue weighted by molar-refractivity contribution is 0.332. The number of hydrogen-bond acceptors (Lipinski definition) is 3. The second kappa shape index (κ2) is 13.8. The summed E-state index contributed by atoms with van der Waals surface area (Å²) in [6.07, 6.45) is 2.32. The molecule has 4 aromatic heterocycles. The predicted molar refractivity (Wildman–Crippen MR) is 269 cm³/mol. The van der Waals surface area contributed by atoms with E-state index in [2.05, 4.69) is 205 Å². The molecule has 0 spiro atoms. The van der Waals surface area contributed by atoms with Gasteiger partial charge in [0.05, 0.1) is 33.1 Å². The van der Waals surface area contributed by atoms with E-state index in [0.29, 0.717) is 17.6 Å². The van der Waals surface area contributed by atoms with E-state index in [1.807, 2.05) is 18.2 Å². The van der Waals surface area contributed by atoms with E-state index < -0.39 is 0 Å². The Bertz CT molecular complexity index is 3870. The first-order valence-corrected chi connectivity index (χ1v) is 22.7. The van der Waals surface area contributed by atoms with Crippen LogP contribution in [0.25, 0.3) is 106 Å². The van der Waals surface area contributed by atoms with Crippen LogP contribution in [0.2, 0.25) is 0 Å². The highest BCUT2D eigenvalue weighted by Crippen LogP contribution is 2.49. The largest absolute Gasteiger partial charge is 0.309 e. The molecule has 13 rings (SSSR count). The minimum Gasteiger partial charge on any atom is -0.309 e. The van der Waals surface area contributed by atoms with Gasteiger partial charge in [-0.2, -0.15) is 9.97 Å². The van der Waals surface area contributed by atoms with Crippen molar-refractivity contribution in [1.82, 2.24) is 28.7 Å². The quantitative estimate of drug-likeness (QED) is 0.173. The summed E-state index contributed by atoms with van der Waals surface area (Å²) in [7, 11) is 0. The normalized spacial score (nSPS) is 14.6. The van der Waals surface area contributed by atoms with Crippen LogP contribution in [0.1, 0.15) is 51.7 Å². The number of aromatic nitrogens is 6. The summed E-state index contributed by atoms with van der Waals surface area (Å²) in [5.41, 5.74) is 13.9. The van der Waals surface area contributed by atoms with Crippen molar-refractivity contribution < 1.29 is 0 Å². The zero-order valence-corrected chi connectivity index (χ0v) is 36.9. The highest BCUT2D eigenvalue weighted by molar-refractivity contribution is 6.19. The van der Waals surface area contributed by atoms with E-state index in [4.69, 9.17) is 15.0 Å². The van der Waals surface area contributed by atoms with Gasteiger partial charge in [0.25, 0.3) is 0 Å². The lowest BCUT2D eigenvalue weighted by Crippen LogP contribution is -2.33. The molecule has 0 fully saturated rings. The van der Waals surface area contributed by atoms with Crippen LogP contribution in [0, 0.1) is 0 Å². The Morgan fingerprint density at radius 1 is 0.338 bits per heavy atom. The van der Waals surface area contributed by atoms with Gasteiger partial charge in [-0.05, 0) is 102 Å². The molecular weight excluding hydrogens is 793 g/mol. The van der Waals surface area contributed by atoms with Gasteiger partial charge in [0.2, 0.25) is 5.95 Å². The monoisotopic (exact) mass is 838 g/mol. The maximum Gasteiger partial charge on any atom is 0.238 e. The van der Waals surface area contributed by atoms with E-state index in [-0.39, 0.29) is 10.8 Å². The van der Waals surface area contributed by atoms with Crippen molar-refractivity contribution in [2.75, 3.05) is 0 Å². The maximum absolute atomic E-state index is 5.45. The molecule has 0 saturated heterocycles. The molecular formula is C59H46N6. The zero-order chi connectivity index (χ0) is 43.6. The third-order valence-corrected chi connectivity index (χ3v) is 14.3. The first-order valence-electron chi connectivity index (χ1n) is 22.7. The molecule has 65 heavy (non-hydrogen) atoms. The minimum atomic E-state index is 0.0734. The molecule has 1 aliphatic rings. The van der Waals surface area contributed by atoms with Crippen molar-refractivity contribution in [2.24, 2.45) is 0 Å². The van der Waals surface area contributed by atoms with Crippen LogP contribution in [-0.4, -0.2) is 28.7 Å². The lowest BCUT2D eigenvalue weighted by Gasteiger charge is -2.42. The molecule has 4 heterocycles. The average molecular weight is 839 g/mol. The highest BCUT2D eigenvalue weighted by Gasteiger charge is 2.38. The van der Waals surface area contributed by atoms with Crippen molar-refractivity contribution in [3.63, 3.8) is 0 Å². The molecule has 0 saturated carbocycles. The molecule has 0 radical (unpaired) electrons. The van der Waals surface area contributed by atoms with Gasteiger partial charge in [-0.25, -0.2) is 4.98 Å². The van der Waals surface area contributed by atoms with Crippen molar-refractivity contribution in [3.05, 3.63) is 193 Å². The van der Waals surface area contributed by atoms with Gasteiger partial charge in [-0.1, -0.05) is 143 Å². The summed E-state index contributed by atoms with van der Waals surface area (Å²) in [5.74, 6) is 1.81. The van der Waals surface area contributed by atoms with Crippen LogP contribution in [0.5, 0.6) is 0 Å². The summed E-state index contributed by atoms with van der Waals surface area (Å²) in [5, 5.41) is 7.22. The summed E-state index contributed by atoms with van der Waals surface area (Å²) in [6, 6.07) is 65.5. The van der Waals surface area contributed by atoms with Crippen LogP contribution in [0.3, 0.4) is 0 Å². The Morgan fingerprint density at radius 2 is 0.785 bits per heavy atom. The zero-order valence-electron chi connectivity index (χ0n) is 36.9. The van der Waals surface area contributed by atoms with Gasteiger partial charge in [-0.15, -0.1) is 0 Å². The number of hydrogen-bond donors (Lipinski definition) is 0. The summed E-state index contributed by atoms with van der Waals surface area (Å²) in [6.45, 7) is 9.67.